The molecule has 0 aliphatic carbocycles. The highest BCUT2D eigenvalue weighted by Gasteiger charge is 2.23. The third-order valence-corrected chi connectivity index (χ3v) is 7.25. The van der Waals surface area contributed by atoms with Gasteiger partial charge in [0.1, 0.15) is 12.4 Å². The summed E-state index contributed by atoms with van der Waals surface area (Å²) >= 11 is 0. The van der Waals surface area contributed by atoms with Gasteiger partial charge >= 0.3 is 0 Å². The molecule has 220 valence electrons. The van der Waals surface area contributed by atoms with Gasteiger partial charge in [-0.1, -0.05) is 61.5 Å². The molecule has 0 saturated heterocycles. The van der Waals surface area contributed by atoms with Crippen molar-refractivity contribution < 1.29 is 18.7 Å². The minimum Gasteiger partial charge on any atom is -0.382 e. The van der Waals surface area contributed by atoms with Crippen LogP contribution < -0.4 is 0 Å². The molecule has 3 aromatic carbocycles. The van der Waals surface area contributed by atoms with Gasteiger partial charge in [-0.2, -0.15) is 0 Å². The molecule has 0 unspecified atom stereocenters. The molecule has 1 aromatic heterocycles. The molecular formula is C35H40FN3O3. The van der Waals surface area contributed by atoms with Gasteiger partial charge in [0.15, 0.2) is 0 Å². The molecule has 4 aromatic rings. The Kier molecular flexibility index (Phi) is 11.5. The number of hydrogen-bond acceptors (Lipinski definition) is 3. The van der Waals surface area contributed by atoms with E-state index in [2.05, 4.69) is 11.5 Å². The number of rotatable bonds is 15. The molecule has 2 amide bonds. The van der Waals surface area contributed by atoms with Crippen molar-refractivity contribution in [3.8, 4) is 0 Å². The maximum Gasteiger partial charge on any atom is 0.254 e. The fraction of sp³-hybridized carbons (Fsp3) is 0.314. The lowest BCUT2D eigenvalue weighted by Crippen LogP contribution is -2.43. The first-order valence-corrected chi connectivity index (χ1v) is 14.6. The number of halogens is 1. The van der Waals surface area contributed by atoms with Gasteiger partial charge in [0.2, 0.25) is 5.91 Å². The van der Waals surface area contributed by atoms with Crippen LogP contribution in [0.15, 0.2) is 97.2 Å². The quantitative estimate of drug-likeness (QED) is 0.157. The summed E-state index contributed by atoms with van der Waals surface area (Å²) in [6.45, 7) is 6.86. The summed E-state index contributed by atoms with van der Waals surface area (Å²) in [5, 5.41) is 0. The summed E-state index contributed by atoms with van der Waals surface area (Å²) in [4.78, 5) is 31.0. The number of aromatic nitrogens is 1. The monoisotopic (exact) mass is 569 g/mol. The first-order chi connectivity index (χ1) is 20.5. The highest BCUT2D eigenvalue weighted by molar-refractivity contribution is 5.96. The fourth-order valence-electron chi connectivity index (χ4n) is 4.85. The lowest BCUT2D eigenvalue weighted by molar-refractivity contribution is -0.133. The molecular weight excluding hydrogens is 529 g/mol. The molecule has 0 saturated carbocycles. The fourth-order valence-corrected chi connectivity index (χ4v) is 4.85. The van der Waals surface area contributed by atoms with Crippen molar-refractivity contribution >= 4 is 11.8 Å². The van der Waals surface area contributed by atoms with Crippen molar-refractivity contribution in [2.75, 3.05) is 26.3 Å². The van der Waals surface area contributed by atoms with Gasteiger partial charge in [-0.05, 0) is 72.9 Å². The van der Waals surface area contributed by atoms with E-state index in [1.165, 1.54) is 12.1 Å². The first-order valence-electron chi connectivity index (χ1n) is 14.6. The van der Waals surface area contributed by atoms with E-state index >= 15 is 0 Å². The molecule has 7 heteroatoms. The summed E-state index contributed by atoms with van der Waals surface area (Å²) in [5.41, 5.74) is 4.65. The molecule has 0 N–H and O–H groups in total. The molecule has 1 heterocycles. The Morgan fingerprint density at radius 2 is 1.50 bits per heavy atom. The van der Waals surface area contributed by atoms with Gasteiger partial charge in [0, 0.05) is 50.3 Å². The molecule has 0 aliphatic rings. The Balaban J connectivity index is 1.55. The Hall–Kier alpha value is -4.23. The zero-order valence-electron chi connectivity index (χ0n) is 24.5. The SMILES string of the molecule is CCOCCCN(CC(=O)N(Cc1ccccc1)Cc1cccn1Cc1ccc(F)cc1)C(=O)c1ccc(CC)cc1. The number of carbonyl (C=O) groups is 2. The van der Waals surface area contributed by atoms with E-state index in [1.54, 1.807) is 21.9 Å². The van der Waals surface area contributed by atoms with E-state index in [-0.39, 0.29) is 24.2 Å². The summed E-state index contributed by atoms with van der Waals surface area (Å²) < 4.78 is 21.0. The van der Waals surface area contributed by atoms with Crippen molar-refractivity contribution in [3.05, 3.63) is 131 Å². The summed E-state index contributed by atoms with van der Waals surface area (Å²) in [6.07, 6.45) is 3.49. The average Bonchev–Trinajstić information content (AvgIpc) is 3.45. The average molecular weight is 570 g/mol. The third kappa shape index (κ3) is 8.88. The molecule has 4 rings (SSSR count). The minimum absolute atomic E-state index is 0.0357. The lowest BCUT2D eigenvalue weighted by Gasteiger charge is -2.28. The minimum atomic E-state index is -0.271. The normalized spacial score (nSPS) is 10.9. The van der Waals surface area contributed by atoms with Gasteiger partial charge in [-0.3, -0.25) is 9.59 Å². The zero-order chi connectivity index (χ0) is 29.7. The van der Waals surface area contributed by atoms with Crippen molar-refractivity contribution in [3.63, 3.8) is 0 Å². The molecule has 0 bridgehead atoms. The topological polar surface area (TPSA) is 54.8 Å². The molecule has 6 nitrogen and oxygen atoms in total. The Labute approximate surface area is 248 Å². The van der Waals surface area contributed by atoms with Crippen LogP contribution in [-0.4, -0.2) is 52.5 Å². The van der Waals surface area contributed by atoms with E-state index in [0.717, 1.165) is 28.8 Å². The Bertz CT molecular complexity index is 1400. The highest BCUT2D eigenvalue weighted by Crippen LogP contribution is 2.16. The van der Waals surface area contributed by atoms with Crippen LogP contribution in [-0.2, 0) is 35.6 Å². The number of benzene rings is 3. The van der Waals surface area contributed by atoms with Gasteiger partial charge in [0.25, 0.3) is 5.91 Å². The van der Waals surface area contributed by atoms with E-state index in [9.17, 15) is 14.0 Å². The van der Waals surface area contributed by atoms with E-state index in [1.807, 2.05) is 79.9 Å². The number of hydrogen-bond donors (Lipinski definition) is 0. The van der Waals surface area contributed by atoms with Crippen LogP contribution in [0.25, 0.3) is 0 Å². The first kappa shape index (κ1) is 30.7. The predicted octanol–water partition coefficient (Wildman–Crippen LogP) is 6.34. The van der Waals surface area contributed by atoms with Gasteiger partial charge in [-0.25, -0.2) is 4.39 Å². The molecule has 0 aliphatic heterocycles. The van der Waals surface area contributed by atoms with E-state index in [0.29, 0.717) is 51.4 Å². The summed E-state index contributed by atoms with van der Waals surface area (Å²) in [7, 11) is 0. The van der Waals surface area contributed by atoms with Crippen LogP contribution in [0.3, 0.4) is 0 Å². The second kappa shape index (κ2) is 15.7. The predicted molar refractivity (Wildman–Crippen MR) is 163 cm³/mol. The van der Waals surface area contributed by atoms with Gasteiger partial charge in [0.05, 0.1) is 6.54 Å². The Morgan fingerprint density at radius 1 is 0.786 bits per heavy atom. The molecule has 0 atom stereocenters. The van der Waals surface area contributed by atoms with Crippen LogP contribution in [0.5, 0.6) is 0 Å². The number of carbonyl (C=O) groups excluding carboxylic acids is 2. The van der Waals surface area contributed by atoms with Crippen LogP contribution in [0.1, 0.15) is 53.0 Å². The maximum atomic E-state index is 14.0. The van der Waals surface area contributed by atoms with Crippen LogP contribution in [0, 0.1) is 5.82 Å². The standard InChI is InChI=1S/C35H40FN3O3/c1-3-28-13-17-31(18-14-28)35(41)38(22-9-23-42-4-2)27-34(40)39(25-29-10-6-5-7-11-29)26-33-12-8-21-37(33)24-30-15-19-32(36)20-16-30/h5-8,10-21H,3-4,9,22-27H2,1-2H3. The maximum absolute atomic E-state index is 14.0. The molecule has 0 fully saturated rings. The van der Waals surface area contributed by atoms with Crippen molar-refractivity contribution in [1.29, 1.82) is 0 Å². The van der Waals surface area contributed by atoms with Crippen molar-refractivity contribution in [2.45, 2.75) is 46.3 Å². The summed E-state index contributed by atoms with van der Waals surface area (Å²) in [6, 6.07) is 27.9. The molecule has 0 spiro atoms. The lowest BCUT2D eigenvalue weighted by atomic mass is 10.1. The van der Waals surface area contributed by atoms with Gasteiger partial charge < -0.3 is 19.1 Å². The number of amides is 2. The molecule has 0 radical (unpaired) electrons. The smallest absolute Gasteiger partial charge is 0.254 e. The van der Waals surface area contributed by atoms with Crippen LogP contribution in [0.2, 0.25) is 0 Å². The number of aryl methyl sites for hydroxylation is 1. The Morgan fingerprint density at radius 3 is 2.19 bits per heavy atom. The van der Waals surface area contributed by atoms with Crippen molar-refractivity contribution in [2.24, 2.45) is 0 Å². The zero-order valence-corrected chi connectivity index (χ0v) is 24.5. The van der Waals surface area contributed by atoms with E-state index in [4.69, 9.17) is 4.74 Å². The van der Waals surface area contributed by atoms with E-state index < -0.39 is 0 Å². The number of ether oxygens (including phenoxy) is 1. The van der Waals surface area contributed by atoms with Gasteiger partial charge in [-0.15, -0.1) is 0 Å². The number of nitrogens with zero attached hydrogens (tertiary/aromatic N) is 3. The van der Waals surface area contributed by atoms with Crippen LogP contribution in [0.4, 0.5) is 4.39 Å². The summed E-state index contributed by atoms with van der Waals surface area (Å²) in [5.74, 6) is -0.571. The van der Waals surface area contributed by atoms with Crippen LogP contribution >= 0.6 is 0 Å². The highest BCUT2D eigenvalue weighted by atomic mass is 19.1. The second-order valence-electron chi connectivity index (χ2n) is 10.3. The van der Waals surface area contributed by atoms with Crippen molar-refractivity contribution in [1.82, 2.24) is 14.4 Å². The third-order valence-electron chi connectivity index (χ3n) is 7.25. The second-order valence-corrected chi connectivity index (χ2v) is 10.3. The molecule has 42 heavy (non-hydrogen) atoms. The largest absolute Gasteiger partial charge is 0.382 e.